The van der Waals surface area contributed by atoms with Gasteiger partial charge in [0, 0.05) is 22.8 Å². The molecule has 0 radical (unpaired) electrons. The predicted molar refractivity (Wildman–Crippen MR) is 138 cm³/mol. The third-order valence-corrected chi connectivity index (χ3v) is 6.25. The van der Waals surface area contributed by atoms with E-state index in [1.54, 1.807) is 12.1 Å². The summed E-state index contributed by atoms with van der Waals surface area (Å²) in [6.45, 7) is 2.70. The lowest BCUT2D eigenvalue weighted by molar-refractivity contribution is 0.0734. The summed E-state index contributed by atoms with van der Waals surface area (Å²) in [7, 11) is 0. The van der Waals surface area contributed by atoms with Gasteiger partial charge in [0.05, 0.1) is 5.56 Å². The molecule has 2 heterocycles. The van der Waals surface area contributed by atoms with Gasteiger partial charge in [-0.1, -0.05) is 60.7 Å². The van der Waals surface area contributed by atoms with Crippen LogP contribution in [0.15, 0.2) is 102 Å². The van der Waals surface area contributed by atoms with Crippen LogP contribution in [0.1, 0.15) is 21.5 Å². The molecule has 0 unspecified atom stereocenters. The zero-order valence-electron chi connectivity index (χ0n) is 18.5. The number of nitrogens with one attached hydrogen (secondary N) is 1. The standard InChI is InChI=1S/C28H22BrN3O2/c1-19-9-8-16-32-26(19)31-25(27(32)30-18-20-10-3-2-4-11-20)21-12-7-13-22(17-21)34-28(33)23-14-5-6-15-24(23)29/h2-17,30H,18H2,1H3. The molecule has 34 heavy (non-hydrogen) atoms. The molecule has 0 atom stereocenters. The number of hydrogen-bond acceptors (Lipinski definition) is 4. The van der Waals surface area contributed by atoms with Crippen LogP contribution in [0.25, 0.3) is 16.9 Å². The van der Waals surface area contributed by atoms with E-state index in [9.17, 15) is 4.79 Å². The molecule has 0 amide bonds. The van der Waals surface area contributed by atoms with Gasteiger partial charge in [-0.15, -0.1) is 0 Å². The predicted octanol–water partition coefficient (Wildman–Crippen LogP) is 6.90. The number of halogens is 1. The number of aryl methyl sites for hydroxylation is 1. The van der Waals surface area contributed by atoms with E-state index in [4.69, 9.17) is 9.72 Å². The van der Waals surface area contributed by atoms with Gasteiger partial charge in [0.2, 0.25) is 0 Å². The Labute approximate surface area is 206 Å². The molecule has 0 saturated carbocycles. The molecular weight excluding hydrogens is 490 g/mol. The van der Waals surface area contributed by atoms with Gasteiger partial charge in [-0.05, 0) is 64.3 Å². The summed E-state index contributed by atoms with van der Waals surface area (Å²) in [5.41, 5.74) is 5.26. The van der Waals surface area contributed by atoms with Crippen LogP contribution in [0, 0.1) is 6.92 Å². The molecule has 1 N–H and O–H groups in total. The molecule has 2 aromatic heterocycles. The third kappa shape index (κ3) is 4.45. The van der Waals surface area contributed by atoms with Crippen molar-refractivity contribution < 1.29 is 9.53 Å². The summed E-state index contributed by atoms with van der Waals surface area (Å²) >= 11 is 3.41. The number of hydrogen-bond donors (Lipinski definition) is 1. The molecule has 0 aliphatic carbocycles. The number of nitrogens with zero attached hydrogens (tertiary/aromatic N) is 2. The van der Waals surface area contributed by atoms with Gasteiger partial charge in [0.25, 0.3) is 0 Å². The highest BCUT2D eigenvalue weighted by molar-refractivity contribution is 9.10. The summed E-state index contributed by atoms with van der Waals surface area (Å²) in [5, 5.41) is 3.56. The van der Waals surface area contributed by atoms with Crippen LogP contribution < -0.4 is 10.1 Å². The number of carbonyl (C=O) groups excluding carboxylic acids is 1. The molecule has 5 rings (SSSR count). The molecule has 0 aliphatic rings. The minimum Gasteiger partial charge on any atom is -0.423 e. The largest absolute Gasteiger partial charge is 0.423 e. The zero-order chi connectivity index (χ0) is 23.5. The van der Waals surface area contributed by atoms with Crippen LogP contribution in [0.4, 0.5) is 5.82 Å². The van der Waals surface area contributed by atoms with E-state index in [1.807, 2.05) is 79.9 Å². The van der Waals surface area contributed by atoms with Crippen LogP contribution in [0.2, 0.25) is 0 Å². The van der Waals surface area contributed by atoms with Crippen molar-refractivity contribution in [1.29, 1.82) is 0 Å². The van der Waals surface area contributed by atoms with E-state index in [-0.39, 0.29) is 0 Å². The lowest BCUT2D eigenvalue weighted by Crippen LogP contribution is -2.09. The molecule has 168 valence electrons. The van der Waals surface area contributed by atoms with Crippen LogP contribution in [-0.2, 0) is 6.54 Å². The van der Waals surface area contributed by atoms with Crippen LogP contribution in [0.3, 0.4) is 0 Å². The SMILES string of the molecule is Cc1cccn2c(NCc3ccccc3)c(-c3cccc(OC(=O)c4ccccc4Br)c3)nc12. The second-order valence-electron chi connectivity index (χ2n) is 7.93. The van der Waals surface area contributed by atoms with E-state index in [1.165, 1.54) is 5.56 Å². The lowest BCUT2D eigenvalue weighted by atomic mass is 10.1. The number of rotatable bonds is 6. The number of esters is 1. The first kappa shape index (κ1) is 21.9. The highest BCUT2D eigenvalue weighted by Crippen LogP contribution is 2.32. The molecule has 0 aliphatic heterocycles. The Balaban J connectivity index is 1.50. The van der Waals surface area contributed by atoms with E-state index in [0.717, 1.165) is 28.3 Å². The highest BCUT2D eigenvalue weighted by Gasteiger charge is 2.17. The smallest absolute Gasteiger partial charge is 0.344 e. The topological polar surface area (TPSA) is 55.6 Å². The van der Waals surface area contributed by atoms with Gasteiger partial charge in [-0.2, -0.15) is 0 Å². The first-order chi connectivity index (χ1) is 16.6. The summed E-state index contributed by atoms with van der Waals surface area (Å²) in [6, 6.07) is 29.0. The maximum absolute atomic E-state index is 12.7. The van der Waals surface area contributed by atoms with Crippen molar-refractivity contribution in [3.63, 3.8) is 0 Å². The maximum Gasteiger partial charge on any atom is 0.344 e. The minimum absolute atomic E-state index is 0.419. The molecule has 0 bridgehead atoms. The Morgan fingerprint density at radius 2 is 1.76 bits per heavy atom. The molecular formula is C28H22BrN3O2. The van der Waals surface area contributed by atoms with Gasteiger partial charge in [0.1, 0.15) is 22.9 Å². The van der Waals surface area contributed by atoms with Crippen LogP contribution in [-0.4, -0.2) is 15.4 Å². The molecule has 5 aromatic rings. The molecule has 6 heteroatoms. The maximum atomic E-state index is 12.7. The van der Waals surface area contributed by atoms with Crippen LogP contribution >= 0.6 is 15.9 Å². The normalized spacial score (nSPS) is 10.9. The number of ether oxygens (including phenoxy) is 1. The van der Waals surface area contributed by atoms with E-state index in [0.29, 0.717) is 22.3 Å². The zero-order valence-corrected chi connectivity index (χ0v) is 20.1. The number of imidazole rings is 1. The average molecular weight is 512 g/mol. The summed E-state index contributed by atoms with van der Waals surface area (Å²) in [5.74, 6) is 0.927. The Hall–Kier alpha value is -3.90. The van der Waals surface area contributed by atoms with Crippen molar-refractivity contribution >= 4 is 33.4 Å². The van der Waals surface area contributed by atoms with Crippen molar-refractivity contribution in [3.05, 3.63) is 118 Å². The second-order valence-corrected chi connectivity index (χ2v) is 8.78. The van der Waals surface area contributed by atoms with E-state index >= 15 is 0 Å². The van der Waals surface area contributed by atoms with Gasteiger partial charge in [0.15, 0.2) is 0 Å². The fourth-order valence-corrected chi connectivity index (χ4v) is 4.30. The van der Waals surface area contributed by atoms with Crippen molar-refractivity contribution in [1.82, 2.24) is 9.38 Å². The Morgan fingerprint density at radius 1 is 0.971 bits per heavy atom. The van der Waals surface area contributed by atoms with E-state index < -0.39 is 5.97 Å². The molecule has 0 spiro atoms. The fraction of sp³-hybridized carbons (Fsp3) is 0.0714. The number of fused-ring (bicyclic) bond motifs is 1. The van der Waals surface area contributed by atoms with Crippen LogP contribution in [0.5, 0.6) is 5.75 Å². The van der Waals surface area contributed by atoms with Crippen molar-refractivity contribution in [2.45, 2.75) is 13.5 Å². The number of carbonyl (C=O) groups is 1. The third-order valence-electron chi connectivity index (χ3n) is 5.56. The monoisotopic (exact) mass is 511 g/mol. The first-order valence-electron chi connectivity index (χ1n) is 10.9. The van der Waals surface area contributed by atoms with Gasteiger partial charge >= 0.3 is 5.97 Å². The Kier molecular flexibility index (Phi) is 6.14. The Morgan fingerprint density at radius 3 is 2.59 bits per heavy atom. The van der Waals surface area contributed by atoms with Crippen molar-refractivity contribution in [2.24, 2.45) is 0 Å². The number of benzene rings is 3. The van der Waals surface area contributed by atoms with E-state index in [2.05, 4.69) is 37.8 Å². The molecule has 5 nitrogen and oxygen atoms in total. The first-order valence-corrected chi connectivity index (χ1v) is 11.7. The van der Waals surface area contributed by atoms with Gasteiger partial charge in [-0.3, -0.25) is 4.40 Å². The average Bonchev–Trinajstić information content (AvgIpc) is 3.24. The molecule has 3 aromatic carbocycles. The summed E-state index contributed by atoms with van der Waals surface area (Å²) < 4.78 is 8.44. The minimum atomic E-state index is -0.419. The number of pyridine rings is 1. The summed E-state index contributed by atoms with van der Waals surface area (Å²) in [4.78, 5) is 17.7. The van der Waals surface area contributed by atoms with Crippen molar-refractivity contribution in [3.8, 4) is 17.0 Å². The molecule has 0 saturated heterocycles. The van der Waals surface area contributed by atoms with Gasteiger partial charge in [-0.25, -0.2) is 9.78 Å². The fourth-order valence-electron chi connectivity index (χ4n) is 3.85. The molecule has 0 fully saturated rings. The van der Waals surface area contributed by atoms with Crippen molar-refractivity contribution in [2.75, 3.05) is 5.32 Å². The summed E-state index contributed by atoms with van der Waals surface area (Å²) in [6.07, 6.45) is 2.00. The highest BCUT2D eigenvalue weighted by atomic mass is 79.9. The van der Waals surface area contributed by atoms with Gasteiger partial charge < -0.3 is 10.1 Å². The lowest BCUT2D eigenvalue weighted by Gasteiger charge is -2.10. The quantitative estimate of drug-likeness (QED) is 0.199. The number of aromatic nitrogens is 2. The Bertz CT molecular complexity index is 1480. The number of anilines is 1. The second kappa shape index (κ2) is 9.53.